The highest BCUT2D eigenvalue weighted by Gasteiger charge is 2.29. The Morgan fingerprint density at radius 2 is 1.79 bits per heavy atom. The third-order valence-electron chi connectivity index (χ3n) is 5.31. The first-order chi connectivity index (χ1) is 13.5. The minimum atomic E-state index is -0.300. The number of ether oxygens (including phenoxy) is 1. The van der Waals surface area contributed by atoms with Crippen LogP contribution in [0.2, 0.25) is 0 Å². The summed E-state index contributed by atoms with van der Waals surface area (Å²) in [6.45, 7) is 4.48. The summed E-state index contributed by atoms with van der Waals surface area (Å²) >= 11 is 0. The second-order valence-corrected chi connectivity index (χ2v) is 7.41. The number of carbonyl (C=O) groups is 2. The van der Waals surface area contributed by atoms with Crippen molar-refractivity contribution in [1.29, 1.82) is 0 Å². The number of benzene rings is 2. The molecule has 2 N–H and O–H groups in total. The van der Waals surface area contributed by atoms with E-state index in [2.05, 4.69) is 10.6 Å². The Hall–Kier alpha value is -2.66. The molecule has 2 aromatic rings. The average Bonchev–Trinajstić information content (AvgIpc) is 3.11. The number of rotatable bonds is 7. The van der Waals surface area contributed by atoms with Crippen molar-refractivity contribution in [3.05, 3.63) is 65.2 Å². The lowest BCUT2D eigenvalue weighted by Gasteiger charge is -2.21. The molecule has 0 saturated heterocycles. The molecule has 148 valence electrons. The van der Waals surface area contributed by atoms with Crippen molar-refractivity contribution in [3.8, 4) is 0 Å². The van der Waals surface area contributed by atoms with Crippen LogP contribution in [-0.4, -0.2) is 24.0 Å². The number of amides is 2. The van der Waals surface area contributed by atoms with Crippen LogP contribution in [0.4, 0.5) is 5.69 Å². The van der Waals surface area contributed by atoms with Gasteiger partial charge in [-0.25, -0.2) is 0 Å². The zero-order chi connectivity index (χ0) is 19.9. The Kier molecular flexibility index (Phi) is 6.82. The Labute approximate surface area is 166 Å². The predicted octanol–water partition coefficient (Wildman–Crippen LogP) is 3.89. The van der Waals surface area contributed by atoms with Gasteiger partial charge in [0.05, 0.1) is 18.8 Å². The van der Waals surface area contributed by atoms with Crippen LogP contribution >= 0.6 is 0 Å². The van der Waals surface area contributed by atoms with Gasteiger partial charge in [0, 0.05) is 5.69 Å². The molecule has 3 rings (SSSR count). The van der Waals surface area contributed by atoms with Gasteiger partial charge in [-0.3, -0.25) is 9.59 Å². The van der Waals surface area contributed by atoms with E-state index in [-0.39, 0.29) is 30.4 Å². The van der Waals surface area contributed by atoms with Crippen LogP contribution in [0.1, 0.15) is 42.4 Å². The fourth-order valence-corrected chi connectivity index (χ4v) is 3.55. The van der Waals surface area contributed by atoms with Crippen LogP contribution in [0.5, 0.6) is 0 Å². The van der Waals surface area contributed by atoms with Crippen LogP contribution < -0.4 is 10.6 Å². The molecule has 1 fully saturated rings. The van der Waals surface area contributed by atoms with E-state index in [1.165, 1.54) is 0 Å². The number of carbonyl (C=O) groups excluding carboxylic acids is 2. The van der Waals surface area contributed by atoms with Crippen molar-refractivity contribution in [2.75, 3.05) is 5.32 Å². The maximum Gasteiger partial charge on any atom is 0.233 e. The van der Waals surface area contributed by atoms with Gasteiger partial charge in [0.25, 0.3) is 0 Å². The van der Waals surface area contributed by atoms with Crippen molar-refractivity contribution in [2.24, 2.45) is 0 Å². The topological polar surface area (TPSA) is 67.4 Å². The summed E-state index contributed by atoms with van der Waals surface area (Å²) < 4.78 is 6.02. The molecule has 28 heavy (non-hydrogen) atoms. The van der Waals surface area contributed by atoms with Crippen LogP contribution in [0.25, 0.3) is 0 Å². The van der Waals surface area contributed by atoms with Gasteiger partial charge in [-0.05, 0) is 55.9 Å². The number of aryl methyl sites for hydroxylation is 1. The number of nitrogens with one attached hydrogen (secondary N) is 2. The predicted molar refractivity (Wildman–Crippen MR) is 110 cm³/mol. The lowest BCUT2D eigenvalue weighted by Crippen LogP contribution is -2.42. The summed E-state index contributed by atoms with van der Waals surface area (Å²) in [6, 6.07) is 15.7. The number of anilines is 1. The van der Waals surface area contributed by atoms with Crippen molar-refractivity contribution in [3.63, 3.8) is 0 Å². The number of hydrogen-bond donors (Lipinski definition) is 2. The second kappa shape index (κ2) is 9.51. The highest BCUT2D eigenvalue weighted by molar-refractivity contribution is 6.04. The molecule has 2 unspecified atom stereocenters. The zero-order valence-corrected chi connectivity index (χ0v) is 16.5. The minimum Gasteiger partial charge on any atom is -0.371 e. The molecular weight excluding hydrogens is 352 g/mol. The van der Waals surface area contributed by atoms with E-state index < -0.39 is 0 Å². The quantitative estimate of drug-likeness (QED) is 0.716. The standard InChI is InChI=1S/C23H28N2O3/c1-16-8-6-11-19(17(16)2)24-22(26)14-23(27)25-20-12-7-13-21(20)28-15-18-9-4-3-5-10-18/h3-6,8-11,20-21H,7,12-15H2,1-2H3,(H,24,26)(H,25,27). The lowest BCUT2D eigenvalue weighted by molar-refractivity contribution is -0.128. The van der Waals surface area contributed by atoms with Gasteiger partial charge in [-0.1, -0.05) is 42.5 Å². The summed E-state index contributed by atoms with van der Waals surface area (Å²) in [6.07, 6.45) is 2.62. The molecule has 0 aromatic heterocycles. The van der Waals surface area contributed by atoms with Crippen LogP contribution in [0, 0.1) is 13.8 Å². The molecule has 0 heterocycles. The third-order valence-corrected chi connectivity index (χ3v) is 5.31. The van der Waals surface area contributed by atoms with E-state index in [0.29, 0.717) is 6.61 Å². The van der Waals surface area contributed by atoms with Gasteiger partial charge in [-0.15, -0.1) is 0 Å². The van der Waals surface area contributed by atoms with Crippen LogP contribution in [0.3, 0.4) is 0 Å². The van der Waals surface area contributed by atoms with E-state index in [1.54, 1.807) is 0 Å². The Morgan fingerprint density at radius 1 is 1.00 bits per heavy atom. The van der Waals surface area contributed by atoms with Gasteiger partial charge >= 0.3 is 0 Å². The van der Waals surface area contributed by atoms with Gasteiger partial charge in [0.15, 0.2) is 0 Å². The second-order valence-electron chi connectivity index (χ2n) is 7.41. The molecule has 5 nitrogen and oxygen atoms in total. The summed E-state index contributed by atoms with van der Waals surface area (Å²) in [7, 11) is 0. The van der Waals surface area contributed by atoms with Crippen molar-refractivity contribution < 1.29 is 14.3 Å². The summed E-state index contributed by atoms with van der Waals surface area (Å²) in [4.78, 5) is 24.6. The summed E-state index contributed by atoms with van der Waals surface area (Å²) in [5, 5.41) is 5.82. The van der Waals surface area contributed by atoms with Crippen molar-refractivity contribution >= 4 is 17.5 Å². The van der Waals surface area contributed by atoms with Gasteiger partial charge in [0.1, 0.15) is 6.42 Å². The van der Waals surface area contributed by atoms with Gasteiger partial charge < -0.3 is 15.4 Å². The molecule has 0 aliphatic heterocycles. The molecule has 0 bridgehead atoms. The van der Waals surface area contributed by atoms with Crippen LogP contribution in [0.15, 0.2) is 48.5 Å². The third kappa shape index (κ3) is 5.42. The first kappa shape index (κ1) is 20.1. The maximum absolute atomic E-state index is 12.3. The van der Waals surface area contributed by atoms with E-state index in [4.69, 9.17) is 4.74 Å². The molecule has 1 aliphatic rings. The molecule has 1 saturated carbocycles. The summed E-state index contributed by atoms with van der Waals surface area (Å²) in [5.41, 5.74) is 3.99. The first-order valence-corrected chi connectivity index (χ1v) is 9.84. The minimum absolute atomic E-state index is 0.00812. The number of hydrogen-bond acceptors (Lipinski definition) is 3. The van der Waals surface area contributed by atoms with E-state index in [0.717, 1.165) is 41.6 Å². The fraction of sp³-hybridized carbons (Fsp3) is 0.391. The van der Waals surface area contributed by atoms with Crippen molar-refractivity contribution in [1.82, 2.24) is 5.32 Å². The molecule has 1 aliphatic carbocycles. The Bertz CT molecular complexity index is 820. The fourth-order valence-electron chi connectivity index (χ4n) is 3.55. The first-order valence-electron chi connectivity index (χ1n) is 9.84. The molecule has 2 amide bonds. The molecule has 5 heteroatoms. The SMILES string of the molecule is Cc1cccc(NC(=O)CC(=O)NC2CCCC2OCc2ccccc2)c1C. The largest absolute Gasteiger partial charge is 0.371 e. The maximum atomic E-state index is 12.3. The molecule has 2 aromatic carbocycles. The Balaban J connectivity index is 1.47. The van der Waals surface area contributed by atoms with Crippen molar-refractivity contribution in [2.45, 2.75) is 58.3 Å². The average molecular weight is 380 g/mol. The normalized spacial score (nSPS) is 18.6. The van der Waals surface area contributed by atoms with E-state index >= 15 is 0 Å². The Morgan fingerprint density at radius 3 is 2.57 bits per heavy atom. The highest BCUT2D eigenvalue weighted by atomic mass is 16.5. The summed E-state index contributed by atoms with van der Waals surface area (Å²) in [5.74, 6) is -0.561. The molecule has 2 atom stereocenters. The highest BCUT2D eigenvalue weighted by Crippen LogP contribution is 2.23. The molecule has 0 spiro atoms. The van der Waals surface area contributed by atoms with Gasteiger partial charge in [0.2, 0.25) is 11.8 Å². The molecule has 0 radical (unpaired) electrons. The molecular formula is C23H28N2O3. The van der Waals surface area contributed by atoms with E-state index in [9.17, 15) is 9.59 Å². The zero-order valence-electron chi connectivity index (χ0n) is 16.5. The smallest absolute Gasteiger partial charge is 0.233 e. The lowest BCUT2D eigenvalue weighted by atomic mass is 10.1. The van der Waals surface area contributed by atoms with Crippen LogP contribution in [-0.2, 0) is 20.9 Å². The van der Waals surface area contributed by atoms with E-state index in [1.807, 2.05) is 62.4 Å². The van der Waals surface area contributed by atoms with Gasteiger partial charge in [-0.2, -0.15) is 0 Å². The monoisotopic (exact) mass is 380 g/mol.